The molecule has 1 saturated heterocycles. The number of piperazine rings is 1. The van der Waals surface area contributed by atoms with E-state index in [-0.39, 0.29) is 23.5 Å². The van der Waals surface area contributed by atoms with Crippen LogP contribution in [0.2, 0.25) is 10.0 Å². The number of anilines is 1. The SMILES string of the molecule is CC1=Nc2cc(=O)n(C(=O)C3CC3)n2C(c2ccc(Cl)c(Cl)c2)C1C(=O)N1CCN(c2ccc(F)cc2)CC1. The van der Waals surface area contributed by atoms with Crippen LogP contribution in [0.25, 0.3) is 0 Å². The Morgan fingerprint density at radius 3 is 2.26 bits per heavy atom. The van der Waals surface area contributed by atoms with Crippen molar-refractivity contribution in [1.29, 1.82) is 0 Å². The Kier molecular flexibility index (Phi) is 6.59. The lowest BCUT2D eigenvalue weighted by atomic mass is 9.87. The van der Waals surface area contributed by atoms with Gasteiger partial charge in [-0.3, -0.25) is 14.4 Å². The van der Waals surface area contributed by atoms with Gasteiger partial charge in [-0.25, -0.2) is 14.1 Å². The normalized spacial score (nSPS) is 21.0. The zero-order valence-electron chi connectivity index (χ0n) is 21.2. The van der Waals surface area contributed by atoms with E-state index in [2.05, 4.69) is 9.89 Å². The summed E-state index contributed by atoms with van der Waals surface area (Å²) in [7, 11) is 0. The van der Waals surface area contributed by atoms with Crippen molar-refractivity contribution in [2.45, 2.75) is 25.8 Å². The molecule has 202 valence electrons. The van der Waals surface area contributed by atoms with Crippen molar-refractivity contribution < 1.29 is 14.0 Å². The van der Waals surface area contributed by atoms with E-state index in [1.54, 1.807) is 46.8 Å². The fourth-order valence-electron chi connectivity index (χ4n) is 5.51. The maximum absolute atomic E-state index is 14.2. The number of aromatic nitrogens is 2. The van der Waals surface area contributed by atoms with Crippen molar-refractivity contribution in [2.75, 3.05) is 31.1 Å². The monoisotopic (exact) mass is 569 g/mol. The zero-order chi connectivity index (χ0) is 27.4. The molecule has 2 fully saturated rings. The fraction of sp³-hybridized carbons (Fsp3) is 0.357. The van der Waals surface area contributed by atoms with Crippen LogP contribution >= 0.6 is 23.2 Å². The predicted octanol–water partition coefficient (Wildman–Crippen LogP) is 4.81. The van der Waals surface area contributed by atoms with Gasteiger partial charge in [0.1, 0.15) is 11.7 Å². The van der Waals surface area contributed by atoms with E-state index in [4.69, 9.17) is 23.2 Å². The first-order valence-corrected chi connectivity index (χ1v) is 13.7. The van der Waals surface area contributed by atoms with Crippen LogP contribution in [0.1, 0.15) is 36.2 Å². The number of nitrogens with zero attached hydrogens (tertiary/aromatic N) is 5. The van der Waals surface area contributed by atoms with Gasteiger partial charge >= 0.3 is 0 Å². The van der Waals surface area contributed by atoms with Crippen molar-refractivity contribution in [3.05, 3.63) is 80.3 Å². The quantitative estimate of drug-likeness (QED) is 0.451. The fourth-order valence-corrected chi connectivity index (χ4v) is 5.82. The first kappa shape index (κ1) is 25.8. The molecule has 6 rings (SSSR count). The largest absolute Gasteiger partial charge is 0.368 e. The predicted molar refractivity (Wildman–Crippen MR) is 148 cm³/mol. The molecule has 1 saturated carbocycles. The van der Waals surface area contributed by atoms with Gasteiger partial charge in [-0.2, -0.15) is 4.68 Å². The topological polar surface area (TPSA) is 79.9 Å². The van der Waals surface area contributed by atoms with Gasteiger partial charge in [-0.1, -0.05) is 29.3 Å². The molecular formula is C28H26Cl2FN5O3. The van der Waals surface area contributed by atoms with Crippen molar-refractivity contribution in [3.63, 3.8) is 0 Å². The summed E-state index contributed by atoms with van der Waals surface area (Å²) in [6, 6.07) is 12.0. The van der Waals surface area contributed by atoms with Crippen LogP contribution in [0.3, 0.4) is 0 Å². The number of amides is 1. The Morgan fingerprint density at radius 2 is 1.62 bits per heavy atom. The summed E-state index contributed by atoms with van der Waals surface area (Å²) < 4.78 is 16.1. The van der Waals surface area contributed by atoms with Crippen LogP contribution in [-0.2, 0) is 4.79 Å². The highest BCUT2D eigenvalue weighted by atomic mass is 35.5. The molecule has 2 atom stereocenters. The molecule has 3 heterocycles. The summed E-state index contributed by atoms with van der Waals surface area (Å²) in [6.07, 6.45) is 1.46. The van der Waals surface area contributed by atoms with Gasteiger partial charge in [0.05, 0.1) is 16.1 Å². The van der Waals surface area contributed by atoms with E-state index in [9.17, 15) is 18.8 Å². The van der Waals surface area contributed by atoms with Crippen molar-refractivity contribution in [2.24, 2.45) is 16.8 Å². The second kappa shape index (κ2) is 9.95. The molecule has 0 spiro atoms. The molecule has 8 nitrogen and oxygen atoms in total. The zero-order valence-corrected chi connectivity index (χ0v) is 22.7. The summed E-state index contributed by atoms with van der Waals surface area (Å²) in [6.45, 7) is 3.85. The van der Waals surface area contributed by atoms with Crippen molar-refractivity contribution in [1.82, 2.24) is 14.3 Å². The molecule has 39 heavy (non-hydrogen) atoms. The molecule has 0 bridgehead atoms. The molecule has 1 aliphatic carbocycles. The van der Waals surface area contributed by atoms with Gasteiger partial charge in [-0.15, -0.1) is 0 Å². The minimum absolute atomic E-state index is 0.150. The Balaban J connectivity index is 1.36. The van der Waals surface area contributed by atoms with E-state index in [1.807, 2.05) is 0 Å². The number of carbonyl (C=O) groups excluding carboxylic acids is 2. The number of rotatable bonds is 4. The van der Waals surface area contributed by atoms with Gasteiger partial charge in [0, 0.05) is 49.6 Å². The van der Waals surface area contributed by atoms with Crippen LogP contribution in [0.15, 0.2) is 58.3 Å². The van der Waals surface area contributed by atoms with E-state index in [1.165, 1.54) is 18.2 Å². The lowest BCUT2D eigenvalue weighted by Gasteiger charge is -2.40. The van der Waals surface area contributed by atoms with Gasteiger partial charge < -0.3 is 9.80 Å². The second-order valence-corrected chi connectivity index (χ2v) is 11.1. The smallest absolute Gasteiger partial charge is 0.276 e. The standard InChI is InChI=1S/C28H26Cl2FN5O3/c1-16-25(28(39)34-12-10-33(11-13-34)20-7-5-19(31)6-8-20)26(18-4-9-21(29)22(30)14-18)35-23(32-16)15-24(37)36(35)27(38)17-2-3-17/h4-9,14-15,17,25-26H,2-3,10-13H2,1H3. The summed E-state index contributed by atoms with van der Waals surface area (Å²) >= 11 is 12.6. The maximum Gasteiger partial charge on any atom is 0.276 e. The first-order chi connectivity index (χ1) is 18.7. The van der Waals surface area contributed by atoms with Gasteiger partial charge in [0.2, 0.25) is 5.91 Å². The highest BCUT2D eigenvalue weighted by molar-refractivity contribution is 6.42. The van der Waals surface area contributed by atoms with Crippen LogP contribution < -0.4 is 10.5 Å². The van der Waals surface area contributed by atoms with Crippen LogP contribution in [0.5, 0.6) is 0 Å². The number of aliphatic imine (C=N–C) groups is 1. The highest BCUT2D eigenvalue weighted by Crippen LogP contribution is 2.40. The molecule has 3 aliphatic rings. The Morgan fingerprint density at radius 1 is 0.923 bits per heavy atom. The van der Waals surface area contributed by atoms with E-state index >= 15 is 0 Å². The molecule has 0 radical (unpaired) electrons. The molecule has 11 heteroatoms. The number of benzene rings is 2. The Labute approximate surface area is 234 Å². The molecule has 3 aromatic rings. The summed E-state index contributed by atoms with van der Waals surface area (Å²) in [4.78, 5) is 49.0. The third-order valence-electron chi connectivity index (χ3n) is 7.70. The molecular weight excluding hydrogens is 544 g/mol. The number of hydrogen-bond acceptors (Lipinski definition) is 5. The van der Waals surface area contributed by atoms with Gasteiger partial charge in [0.25, 0.3) is 11.5 Å². The Bertz CT molecular complexity index is 1550. The molecule has 0 N–H and O–H groups in total. The molecule has 2 unspecified atom stereocenters. The Hall–Kier alpha value is -3.43. The molecule has 1 amide bonds. The van der Waals surface area contributed by atoms with E-state index in [0.717, 1.165) is 23.2 Å². The maximum atomic E-state index is 14.2. The van der Waals surface area contributed by atoms with E-state index < -0.39 is 17.5 Å². The third kappa shape index (κ3) is 4.67. The van der Waals surface area contributed by atoms with Gasteiger partial charge in [0.15, 0.2) is 5.82 Å². The third-order valence-corrected chi connectivity index (χ3v) is 8.44. The van der Waals surface area contributed by atoms with Crippen LogP contribution in [0.4, 0.5) is 15.9 Å². The van der Waals surface area contributed by atoms with Crippen molar-refractivity contribution >= 4 is 52.2 Å². The number of hydrogen-bond donors (Lipinski definition) is 0. The number of halogens is 3. The minimum Gasteiger partial charge on any atom is -0.368 e. The van der Waals surface area contributed by atoms with Crippen molar-refractivity contribution in [3.8, 4) is 0 Å². The lowest BCUT2D eigenvalue weighted by Crippen LogP contribution is -2.53. The number of fused-ring (bicyclic) bond motifs is 1. The molecule has 1 aromatic heterocycles. The lowest BCUT2D eigenvalue weighted by molar-refractivity contribution is -0.134. The molecule has 2 aliphatic heterocycles. The summed E-state index contributed by atoms with van der Waals surface area (Å²) in [5.41, 5.74) is 1.63. The van der Waals surface area contributed by atoms with Crippen LogP contribution in [0, 0.1) is 17.7 Å². The summed E-state index contributed by atoms with van der Waals surface area (Å²) in [5.74, 6) is -1.38. The first-order valence-electron chi connectivity index (χ1n) is 12.9. The van der Waals surface area contributed by atoms with E-state index in [0.29, 0.717) is 53.3 Å². The van der Waals surface area contributed by atoms with Crippen LogP contribution in [-0.4, -0.2) is 58.0 Å². The number of carbonyl (C=O) groups is 2. The highest BCUT2D eigenvalue weighted by Gasteiger charge is 2.44. The average Bonchev–Trinajstić information content (AvgIpc) is 3.72. The average molecular weight is 570 g/mol. The molecule has 2 aromatic carbocycles. The second-order valence-electron chi connectivity index (χ2n) is 10.2. The summed E-state index contributed by atoms with van der Waals surface area (Å²) in [5, 5.41) is 0.671. The van der Waals surface area contributed by atoms with Gasteiger partial charge in [-0.05, 0) is 61.7 Å². The minimum atomic E-state index is -0.767.